The van der Waals surface area contributed by atoms with Gasteiger partial charge in [-0.2, -0.15) is 15.0 Å². The molecule has 0 N–H and O–H groups in total. The van der Waals surface area contributed by atoms with Crippen LogP contribution >= 0.6 is 0 Å². The van der Waals surface area contributed by atoms with Crippen molar-refractivity contribution in [3.05, 3.63) is 0 Å². The number of nitrogens with zero attached hydrogens (tertiary/aromatic N) is 4. The fraction of sp³-hybridized carbons (Fsp3) is 0.714. The highest BCUT2D eigenvalue weighted by Crippen LogP contribution is 2.53. The van der Waals surface area contributed by atoms with Crippen molar-refractivity contribution >= 4 is 24.3 Å². The van der Waals surface area contributed by atoms with Gasteiger partial charge in [0.25, 0.3) is 0 Å². The Bertz CT molecular complexity index is 612. The SMILES string of the molecule is CC1(CN=C=O)CC(C)(C)C(N=C=O)C(N=C=O)(N=C=O)C1. The van der Waals surface area contributed by atoms with Gasteiger partial charge in [0.15, 0.2) is 5.66 Å². The molecule has 1 fully saturated rings. The summed E-state index contributed by atoms with van der Waals surface area (Å²) in [5.74, 6) is 0. The van der Waals surface area contributed by atoms with E-state index in [1.54, 1.807) is 13.8 Å². The van der Waals surface area contributed by atoms with Gasteiger partial charge < -0.3 is 0 Å². The van der Waals surface area contributed by atoms with E-state index in [0.29, 0.717) is 6.42 Å². The molecular weight excluding hydrogens is 288 g/mol. The third-order valence-corrected chi connectivity index (χ3v) is 3.93. The van der Waals surface area contributed by atoms with E-state index in [1.165, 1.54) is 24.3 Å². The summed E-state index contributed by atoms with van der Waals surface area (Å²) in [4.78, 5) is 57.4. The maximum absolute atomic E-state index is 10.8. The molecule has 0 aromatic heterocycles. The molecule has 1 aliphatic carbocycles. The van der Waals surface area contributed by atoms with E-state index in [2.05, 4.69) is 20.0 Å². The van der Waals surface area contributed by atoms with E-state index in [9.17, 15) is 19.2 Å². The highest BCUT2D eigenvalue weighted by Gasteiger charge is 2.58. The molecular formula is C14H16N4O4. The Hall–Kier alpha value is -2.48. The Labute approximate surface area is 127 Å². The van der Waals surface area contributed by atoms with Gasteiger partial charge in [0.2, 0.25) is 24.3 Å². The second-order valence-electron chi connectivity index (χ2n) is 6.47. The summed E-state index contributed by atoms with van der Waals surface area (Å²) in [6.07, 6.45) is 6.30. The second kappa shape index (κ2) is 6.52. The first-order chi connectivity index (χ1) is 10.3. The molecule has 0 saturated heterocycles. The van der Waals surface area contributed by atoms with E-state index in [1.807, 2.05) is 6.92 Å². The van der Waals surface area contributed by atoms with Crippen molar-refractivity contribution in [2.45, 2.75) is 45.3 Å². The van der Waals surface area contributed by atoms with Crippen LogP contribution in [0.15, 0.2) is 20.0 Å². The quantitative estimate of drug-likeness (QED) is 0.560. The molecule has 0 aromatic rings. The number of aliphatic imine (C=N–C) groups is 4. The van der Waals surface area contributed by atoms with E-state index in [4.69, 9.17) is 0 Å². The predicted molar refractivity (Wildman–Crippen MR) is 75.0 cm³/mol. The standard InChI is InChI=1S/C14H16N4O4/c1-12(2)4-13(3,6-15-7-19)5-14(17-9-21,18-10-22)11(12)16-8-20/h11H,4-6H2,1-3H3. The van der Waals surface area contributed by atoms with E-state index >= 15 is 0 Å². The molecule has 0 spiro atoms. The molecule has 0 aromatic carbocycles. The van der Waals surface area contributed by atoms with Crippen molar-refractivity contribution in [2.24, 2.45) is 30.8 Å². The van der Waals surface area contributed by atoms with Gasteiger partial charge in [-0.1, -0.05) is 20.8 Å². The smallest absolute Gasteiger partial charge is 0.211 e. The molecule has 1 saturated carbocycles. The summed E-state index contributed by atoms with van der Waals surface area (Å²) in [5.41, 5.74) is -2.84. The van der Waals surface area contributed by atoms with Gasteiger partial charge in [-0.05, 0) is 17.3 Å². The average Bonchev–Trinajstić information content (AvgIpc) is 2.41. The van der Waals surface area contributed by atoms with Crippen molar-refractivity contribution in [1.29, 1.82) is 0 Å². The van der Waals surface area contributed by atoms with Crippen LogP contribution in [0.1, 0.15) is 33.6 Å². The number of carbonyl (C=O) groups excluding carboxylic acids is 4. The van der Waals surface area contributed by atoms with Crippen LogP contribution < -0.4 is 0 Å². The first kappa shape index (κ1) is 17.6. The van der Waals surface area contributed by atoms with Crippen molar-refractivity contribution in [3.63, 3.8) is 0 Å². The normalized spacial score (nSPS) is 32.4. The molecule has 0 radical (unpaired) electrons. The Kier molecular flexibility index (Phi) is 5.21. The zero-order valence-corrected chi connectivity index (χ0v) is 12.6. The third kappa shape index (κ3) is 3.40. The Morgan fingerprint density at radius 1 is 0.909 bits per heavy atom. The van der Waals surface area contributed by atoms with Gasteiger partial charge in [-0.25, -0.2) is 24.2 Å². The molecule has 116 valence electrons. The maximum Gasteiger partial charge on any atom is 0.237 e. The van der Waals surface area contributed by atoms with Crippen molar-refractivity contribution in [3.8, 4) is 0 Å². The topological polar surface area (TPSA) is 118 Å². The minimum absolute atomic E-state index is 0.0922. The van der Waals surface area contributed by atoms with Gasteiger partial charge in [0.1, 0.15) is 6.04 Å². The highest BCUT2D eigenvalue weighted by molar-refractivity contribution is 5.43. The average molecular weight is 304 g/mol. The van der Waals surface area contributed by atoms with Crippen LogP contribution in [-0.4, -0.2) is 42.6 Å². The number of rotatable bonds is 5. The molecule has 22 heavy (non-hydrogen) atoms. The van der Waals surface area contributed by atoms with Crippen LogP contribution in [0.2, 0.25) is 0 Å². The zero-order chi connectivity index (χ0) is 16.9. The molecule has 0 bridgehead atoms. The summed E-state index contributed by atoms with van der Waals surface area (Å²) in [6.45, 7) is 5.56. The van der Waals surface area contributed by atoms with Crippen molar-refractivity contribution in [2.75, 3.05) is 6.54 Å². The lowest BCUT2D eigenvalue weighted by atomic mass is 9.58. The molecule has 8 heteroatoms. The fourth-order valence-electron chi connectivity index (χ4n) is 3.66. The lowest BCUT2D eigenvalue weighted by Crippen LogP contribution is -2.56. The number of hydrogen-bond acceptors (Lipinski definition) is 8. The molecule has 0 aliphatic heterocycles. The minimum Gasteiger partial charge on any atom is -0.211 e. The maximum atomic E-state index is 10.8. The summed E-state index contributed by atoms with van der Waals surface area (Å²) < 4.78 is 0. The minimum atomic E-state index is -1.60. The van der Waals surface area contributed by atoms with Crippen LogP contribution in [0.3, 0.4) is 0 Å². The molecule has 2 atom stereocenters. The van der Waals surface area contributed by atoms with Crippen LogP contribution in [0.25, 0.3) is 0 Å². The van der Waals surface area contributed by atoms with E-state index < -0.39 is 22.5 Å². The lowest BCUT2D eigenvalue weighted by Gasteiger charge is -2.51. The van der Waals surface area contributed by atoms with Gasteiger partial charge >= 0.3 is 0 Å². The molecule has 2 unspecified atom stereocenters. The Balaban J connectivity index is 3.55. The molecule has 1 rings (SSSR count). The van der Waals surface area contributed by atoms with E-state index in [0.717, 1.165) is 0 Å². The predicted octanol–water partition coefficient (Wildman–Crippen LogP) is 1.22. The van der Waals surface area contributed by atoms with Crippen molar-refractivity contribution in [1.82, 2.24) is 0 Å². The largest absolute Gasteiger partial charge is 0.237 e. The summed E-state index contributed by atoms with van der Waals surface area (Å²) in [5, 5.41) is 0. The second-order valence-corrected chi connectivity index (χ2v) is 6.47. The first-order valence-corrected chi connectivity index (χ1v) is 6.58. The Morgan fingerprint density at radius 2 is 1.50 bits per heavy atom. The van der Waals surface area contributed by atoms with Crippen LogP contribution in [0.5, 0.6) is 0 Å². The van der Waals surface area contributed by atoms with Gasteiger partial charge in [0.05, 0.1) is 6.54 Å². The molecule has 8 nitrogen and oxygen atoms in total. The zero-order valence-electron chi connectivity index (χ0n) is 12.6. The fourth-order valence-corrected chi connectivity index (χ4v) is 3.66. The van der Waals surface area contributed by atoms with Crippen molar-refractivity contribution < 1.29 is 19.2 Å². The van der Waals surface area contributed by atoms with Gasteiger partial charge in [-0.15, -0.1) is 0 Å². The lowest BCUT2D eigenvalue weighted by molar-refractivity contribution is 0.0245. The van der Waals surface area contributed by atoms with E-state index in [-0.39, 0.29) is 13.0 Å². The van der Waals surface area contributed by atoms with Crippen LogP contribution in [-0.2, 0) is 19.2 Å². The summed E-state index contributed by atoms with van der Waals surface area (Å²) in [7, 11) is 0. The van der Waals surface area contributed by atoms with Gasteiger partial charge in [-0.3, -0.25) is 0 Å². The Morgan fingerprint density at radius 3 is 1.95 bits per heavy atom. The third-order valence-electron chi connectivity index (χ3n) is 3.93. The van der Waals surface area contributed by atoms with Crippen LogP contribution in [0.4, 0.5) is 0 Å². The van der Waals surface area contributed by atoms with Gasteiger partial charge in [0, 0.05) is 6.42 Å². The van der Waals surface area contributed by atoms with Crippen LogP contribution in [0, 0.1) is 10.8 Å². The number of isocyanates is 4. The first-order valence-electron chi connectivity index (χ1n) is 6.58. The monoisotopic (exact) mass is 304 g/mol. The molecule has 0 heterocycles. The summed E-state index contributed by atoms with van der Waals surface area (Å²) >= 11 is 0. The molecule has 0 amide bonds. The molecule has 1 aliphatic rings. The number of hydrogen-bond donors (Lipinski definition) is 0. The summed E-state index contributed by atoms with van der Waals surface area (Å²) in [6, 6.07) is -0.867. The highest BCUT2D eigenvalue weighted by atomic mass is 16.1.